The van der Waals surface area contributed by atoms with Crippen molar-refractivity contribution in [2.45, 2.75) is 19.6 Å². The lowest BCUT2D eigenvalue weighted by Gasteiger charge is -2.29. The second kappa shape index (κ2) is 6.62. The molecule has 0 aliphatic carbocycles. The molecule has 1 fully saturated rings. The fourth-order valence-electron chi connectivity index (χ4n) is 1.88. The Morgan fingerprint density at radius 1 is 1.14 bits per heavy atom. The maximum atomic E-state index is 11.9. The molecule has 0 unspecified atom stereocenters. The predicted molar refractivity (Wildman–Crippen MR) is 78.1 cm³/mol. The van der Waals surface area contributed by atoms with E-state index in [1.807, 2.05) is 0 Å². The lowest BCUT2D eigenvalue weighted by molar-refractivity contribution is -0.222. The number of hydrogen-bond donors (Lipinski definition) is 0. The van der Waals surface area contributed by atoms with Gasteiger partial charge >= 0.3 is 11.9 Å². The highest BCUT2D eigenvalue weighted by molar-refractivity contribution is 6.18. The first-order valence-electron chi connectivity index (χ1n) is 6.81. The Bertz CT molecular complexity index is 580. The summed E-state index contributed by atoms with van der Waals surface area (Å²) in [5.74, 6) is -2.03. The van der Waals surface area contributed by atoms with Gasteiger partial charge in [0.25, 0.3) is 5.79 Å². The average molecular weight is 306 g/mol. The fraction of sp³-hybridized carbons (Fsp3) is 0.375. The number of cyclic esters (lactones) is 2. The van der Waals surface area contributed by atoms with Crippen molar-refractivity contribution in [3.8, 4) is 5.75 Å². The summed E-state index contributed by atoms with van der Waals surface area (Å²) in [5.41, 5.74) is 0.492. The SMILES string of the molecule is COCCOc1cccc(C=C2C(=O)OC(C)(C)OC2=O)c1. The van der Waals surface area contributed by atoms with Gasteiger partial charge in [0.05, 0.1) is 6.61 Å². The molecule has 118 valence electrons. The van der Waals surface area contributed by atoms with Crippen LogP contribution in [0, 0.1) is 0 Å². The quantitative estimate of drug-likeness (QED) is 0.358. The minimum Gasteiger partial charge on any atom is -0.491 e. The van der Waals surface area contributed by atoms with E-state index in [9.17, 15) is 9.59 Å². The van der Waals surface area contributed by atoms with Crippen molar-refractivity contribution >= 4 is 18.0 Å². The van der Waals surface area contributed by atoms with Gasteiger partial charge in [0.15, 0.2) is 0 Å². The number of carbonyl (C=O) groups excluding carboxylic acids is 2. The summed E-state index contributed by atoms with van der Waals surface area (Å²) in [7, 11) is 1.59. The molecule has 0 bridgehead atoms. The van der Waals surface area contributed by atoms with E-state index < -0.39 is 17.7 Å². The van der Waals surface area contributed by atoms with E-state index in [0.717, 1.165) is 0 Å². The molecule has 1 aliphatic heterocycles. The van der Waals surface area contributed by atoms with Gasteiger partial charge in [-0.3, -0.25) is 0 Å². The Labute approximate surface area is 128 Å². The van der Waals surface area contributed by atoms with Crippen molar-refractivity contribution in [2.75, 3.05) is 20.3 Å². The van der Waals surface area contributed by atoms with Crippen molar-refractivity contribution in [3.05, 3.63) is 35.4 Å². The molecule has 1 aromatic rings. The summed E-state index contributed by atoms with van der Waals surface area (Å²) in [4.78, 5) is 23.8. The maximum Gasteiger partial charge on any atom is 0.348 e. The second-order valence-corrected chi connectivity index (χ2v) is 5.15. The van der Waals surface area contributed by atoms with Crippen LogP contribution in [0.15, 0.2) is 29.8 Å². The van der Waals surface area contributed by atoms with Crippen LogP contribution >= 0.6 is 0 Å². The number of benzene rings is 1. The molecule has 0 amide bonds. The van der Waals surface area contributed by atoms with Gasteiger partial charge in [-0.05, 0) is 23.8 Å². The number of esters is 2. The fourth-order valence-corrected chi connectivity index (χ4v) is 1.88. The van der Waals surface area contributed by atoms with E-state index in [2.05, 4.69) is 0 Å². The van der Waals surface area contributed by atoms with Crippen LogP contribution in [0.5, 0.6) is 5.75 Å². The lowest BCUT2D eigenvalue weighted by Crippen LogP contribution is -2.41. The normalized spacial score (nSPS) is 16.8. The summed E-state index contributed by atoms with van der Waals surface area (Å²) < 4.78 is 20.5. The Hall–Kier alpha value is -2.34. The van der Waals surface area contributed by atoms with Gasteiger partial charge < -0.3 is 18.9 Å². The molecule has 1 aliphatic rings. The molecule has 1 saturated heterocycles. The number of ether oxygens (including phenoxy) is 4. The zero-order valence-corrected chi connectivity index (χ0v) is 12.8. The zero-order chi connectivity index (χ0) is 16.2. The van der Waals surface area contributed by atoms with E-state index in [0.29, 0.717) is 24.5 Å². The summed E-state index contributed by atoms with van der Waals surface area (Å²) in [6.45, 7) is 3.89. The smallest absolute Gasteiger partial charge is 0.348 e. The number of carbonyl (C=O) groups is 2. The topological polar surface area (TPSA) is 71.1 Å². The largest absolute Gasteiger partial charge is 0.491 e. The highest BCUT2D eigenvalue weighted by atomic mass is 16.7. The van der Waals surface area contributed by atoms with Crippen LogP contribution in [0.25, 0.3) is 6.08 Å². The van der Waals surface area contributed by atoms with Crippen LogP contribution in [0.1, 0.15) is 19.4 Å². The van der Waals surface area contributed by atoms with Crippen molar-refractivity contribution in [1.29, 1.82) is 0 Å². The number of rotatable bonds is 5. The molecule has 0 N–H and O–H groups in total. The molecule has 1 aromatic carbocycles. The summed E-state index contributed by atoms with van der Waals surface area (Å²) in [5, 5.41) is 0. The first kappa shape index (κ1) is 16.0. The molecule has 0 saturated carbocycles. The zero-order valence-electron chi connectivity index (χ0n) is 12.8. The molecular weight excluding hydrogens is 288 g/mol. The van der Waals surface area contributed by atoms with Crippen LogP contribution in [-0.4, -0.2) is 38.0 Å². The van der Waals surface area contributed by atoms with Gasteiger partial charge in [0, 0.05) is 21.0 Å². The van der Waals surface area contributed by atoms with Gasteiger partial charge in [0.2, 0.25) is 0 Å². The Kier molecular flexibility index (Phi) is 4.82. The lowest BCUT2D eigenvalue weighted by atomic mass is 10.1. The first-order valence-corrected chi connectivity index (χ1v) is 6.81. The average Bonchev–Trinajstić information content (AvgIpc) is 2.43. The Balaban J connectivity index is 2.16. The van der Waals surface area contributed by atoms with Gasteiger partial charge in [-0.25, -0.2) is 9.59 Å². The van der Waals surface area contributed by atoms with E-state index in [1.165, 1.54) is 19.9 Å². The van der Waals surface area contributed by atoms with Crippen molar-refractivity contribution in [3.63, 3.8) is 0 Å². The van der Waals surface area contributed by atoms with Crippen molar-refractivity contribution in [1.82, 2.24) is 0 Å². The molecule has 6 nitrogen and oxygen atoms in total. The van der Waals surface area contributed by atoms with Gasteiger partial charge in [-0.2, -0.15) is 0 Å². The third-order valence-electron chi connectivity index (χ3n) is 2.84. The van der Waals surface area contributed by atoms with Crippen molar-refractivity contribution in [2.24, 2.45) is 0 Å². The predicted octanol–water partition coefficient (Wildman–Crippen LogP) is 1.93. The number of hydrogen-bond acceptors (Lipinski definition) is 6. The molecule has 0 spiro atoms. The van der Waals surface area contributed by atoms with Crippen LogP contribution in [0.4, 0.5) is 0 Å². The van der Waals surface area contributed by atoms with Crippen LogP contribution < -0.4 is 4.74 Å². The highest BCUT2D eigenvalue weighted by Gasteiger charge is 2.38. The van der Waals surface area contributed by atoms with Crippen LogP contribution in [-0.2, 0) is 23.8 Å². The molecule has 0 aromatic heterocycles. The molecule has 2 rings (SSSR count). The summed E-state index contributed by atoms with van der Waals surface area (Å²) >= 11 is 0. The highest BCUT2D eigenvalue weighted by Crippen LogP contribution is 2.25. The van der Waals surface area contributed by atoms with Gasteiger partial charge in [-0.1, -0.05) is 12.1 Å². The molecule has 22 heavy (non-hydrogen) atoms. The van der Waals surface area contributed by atoms with E-state index in [1.54, 1.807) is 31.4 Å². The van der Waals surface area contributed by atoms with Gasteiger partial charge in [0.1, 0.15) is 17.9 Å². The maximum absolute atomic E-state index is 11.9. The standard InChI is InChI=1S/C16H18O6/c1-16(2)21-14(17)13(15(18)22-16)10-11-5-4-6-12(9-11)20-8-7-19-3/h4-6,9-10H,7-8H2,1-3H3. The Morgan fingerprint density at radius 2 is 1.82 bits per heavy atom. The molecular formula is C16H18O6. The molecule has 1 heterocycles. The monoisotopic (exact) mass is 306 g/mol. The third kappa shape index (κ3) is 4.08. The Morgan fingerprint density at radius 3 is 2.45 bits per heavy atom. The third-order valence-corrected chi connectivity index (χ3v) is 2.84. The summed E-state index contributed by atoms with van der Waals surface area (Å²) in [6, 6.07) is 7.00. The van der Waals surface area contributed by atoms with E-state index in [4.69, 9.17) is 18.9 Å². The second-order valence-electron chi connectivity index (χ2n) is 5.15. The molecule has 6 heteroatoms. The molecule has 0 atom stereocenters. The first-order chi connectivity index (χ1) is 10.4. The van der Waals surface area contributed by atoms with Crippen LogP contribution in [0.2, 0.25) is 0 Å². The minimum absolute atomic E-state index is 0.145. The van der Waals surface area contributed by atoms with E-state index >= 15 is 0 Å². The number of methoxy groups -OCH3 is 1. The van der Waals surface area contributed by atoms with Crippen molar-refractivity contribution < 1.29 is 28.5 Å². The minimum atomic E-state index is -1.24. The molecule has 0 radical (unpaired) electrons. The van der Waals surface area contributed by atoms with Gasteiger partial charge in [-0.15, -0.1) is 0 Å². The van der Waals surface area contributed by atoms with E-state index in [-0.39, 0.29) is 5.57 Å². The van der Waals surface area contributed by atoms with Crippen LogP contribution in [0.3, 0.4) is 0 Å². The summed E-state index contributed by atoms with van der Waals surface area (Å²) in [6.07, 6.45) is 1.42.